The highest BCUT2D eigenvalue weighted by Crippen LogP contribution is 2.40. The molecule has 4 rings (SSSR count). The molecule has 138 valence electrons. The number of hydrogen-bond acceptors (Lipinski definition) is 4. The fourth-order valence-corrected chi connectivity index (χ4v) is 4.77. The Morgan fingerprint density at radius 3 is 2.68 bits per heavy atom. The highest BCUT2D eigenvalue weighted by atomic mass is 16.5. The third-order valence-electron chi connectivity index (χ3n) is 6.24. The topological polar surface area (TPSA) is 43.4 Å². The summed E-state index contributed by atoms with van der Waals surface area (Å²) < 4.78 is 12.1. The molecule has 1 unspecified atom stereocenters. The van der Waals surface area contributed by atoms with Gasteiger partial charge in [-0.15, -0.1) is 0 Å². The predicted octanol–water partition coefficient (Wildman–Crippen LogP) is 4.37. The zero-order valence-corrected chi connectivity index (χ0v) is 15.3. The van der Waals surface area contributed by atoms with E-state index in [-0.39, 0.29) is 5.60 Å². The van der Waals surface area contributed by atoms with Crippen LogP contribution in [0, 0.1) is 0 Å². The lowest BCUT2D eigenvalue weighted by molar-refractivity contribution is -0.0837. The van der Waals surface area contributed by atoms with E-state index >= 15 is 0 Å². The molecule has 1 N–H and O–H groups in total. The first-order valence-electron chi connectivity index (χ1n) is 10.3. The Morgan fingerprint density at radius 2 is 1.92 bits per heavy atom. The highest BCUT2D eigenvalue weighted by Gasteiger charge is 2.39. The van der Waals surface area contributed by atoms with Gasteiger partial charge in [-0.3, -0.25) is 0 Å². The molecule has 1 aliphatic heterocycles. The van der Waals surface area contributed by atoms with E-state index in [1.54, 1.807) is 0 Å². The number of nitrogens with zero attached hydrogens (tertiary/aromatic N) is 1. The molecule has 0 radical (unpaired) electrons. The summed E-state index contributed by atoms with van der Waals surface area (Å²) in [4.78, 5) is 4.52. The first kappa shape index (κ1) is 17.3. The number of nitrogens with one attached hydrogen (secondary N) is 1. The molecular formula is C21H32N2O2. The summed E-state index contributed by atoms with van der Waals surface area (Å²) in [5.74, 6) is 0.784. The van der Waals surface area contributed by atoms with Crippen molar-refractivity contribution < 1.29 is 9.47 Å². The summed E-state index contributed by atoms with van der Waals surface area (Å²) in [6.45, 7) is 1.79. The van der Waals surface area contributed by atoms with Gasteiger partial charge in [0, 0.05) is 31.5 Å². The second-order valence-corrected chi connectivity index (χ2v) is 8.19. The van der Waals surface area contributed by atoms with E-state index in [1.807, 2.05) is 12.3 Å². The van der Waals surface area contributed by atoms with Crippen molar-refractivity contribution in [3.63, 3.8) is 0 Å². The molecule has 1 aromatic rings. The summed E-state index contributed by atoms with van der Waals surface area (Å²) in [6, 6.07) is 4.77. The molecule has 3 aliphatic rings. The summed E-state index contributed by atoms with van der Waals surface area (Å²) in [6.07, 6.45) is 16.1. The van der Waals surface area contributed by atoms with E-state index in [2.05, 4.69) is 16.4 Å². The van der Waals surface area contributed by atoms with Gasteiger partial charge in [-0.25, -0.2) is 4.98 Å². The van der Waals surface area contributed by atoms with E-state index in [0.717, 1.165) is 25.5 Å². The van der Waals surface area contributed by atoms with Crippen LogP contribution >= 0.6 is 0 Å². The molecule has 4 nitrogen and oxygen atoms in total. The monoisotopic (exact) mass is 344 g/mol. The molecule has 0 amide bonds. The molecule has 2 aliphatic carbocycles. The first-order valence-corrected chi connectivity index (χ1v) is 10.3. The van der Waals surface area contributed by atoms with Gasteiger partial charge in [0.2, 0.25) is 5.88 Å². The first-order chi connectivity index (χ1) is 12.3. The van der Waals surface area contributed by atoms with Crippen LogP contribution in [0.25, 0.3) is 0 Å². The summed E-state index contributed by atoms with van der Waals surface area (Å²) in [7, 11) is 0. The Morgan fingerprint density at radius 1 is 1.08 bits per heavy atom. The van der Waals surface area contributed by atoms with Gasteiger partial charge in [0.1, 0.15) is 6.10 Å². The SMILES string of the molecule is c1cc(OC2CCCCC2)ncc1CNC1CCOC2(CCCC2)C1. The highest BCUT2D eigenvalue weighted by molar-refractivity contribution is 5.18. The maximum absolute atomic E-state index is 6.13. The molecule has 1 spiro atoms. The smallest absolute Gasteiger partial charge is 0.213 e. The van der Waals surface area contributed by atoms with Gasteiger partial charge >= 0.3 is 0 Å². The number of rotatable bonds is 5. The van der Waals surface area contributed by atoms with Gasteiger partial charge in [0.05, 0.1) is 5.60 Å². The van der Waals surface area contributed by atoms with E-state index in [1.165, 1.54) is 69.8 Å². The van der Waals surface area contributed by atoms with Crippen molar-refractivity contribution in [2.45, 2.75) is 94.9 Å². The molecule has 25 heavy (non-hydrogen) atoms. The predicted molar refractivity (Wildman–Crippen MR) is 98.8 cm³/mol. The molecule has 0 aromatic carbocycles. The minimum atomic E-state index is 0.186. The van der Waals surface area contributed by atoms with Gasteiger partial charge in [-0.2, -0.15) is 0 Å². The Bertz CT molecular complexity index is 533. The van der Waals surface area contributed by atoms with Gasteiger partial charge in [-0.1, -0.05) is 25.3 Å². The lowest BCUT2D eigenvalue weighted by atomic mass is 9.89. The second-order valence-electron chi connectivity index (χ2n) is 8.19. The second kappa shape index (κ2) is 8.05. The van der Waals surface area contributed by atoms with Crippen molar-refractivity contribution in [3.05, 3.63) is 23.9 Å². The van der Waals surface area contributed by atoms with Crippen LogP contribution in [0.15, 0.2) is 18.3 Å². The fourth-order valence-electron chi connectivity index (χ4n) is 4.77. The number of pyridine rings is 1. The Hall–Kier alpha value is -1.13. The molecule has 0 bridgehead atoms. The van der Waals surface area contributed by atoms with Crippen molar-refractivity contribution in [2.24, 2.45) is 0 Å². The zero-order chi connectivity index (χ0) is 17.0. The van der Waals surface area contributed by atoms with Crippen molar-refractivity contribution in [2.75, 3.05) is 6.61 Å². The van der Waals surface area contributed by atoms with E-state index in [4.69, 9.17) is 9.47 Å². The van der Waals surface area contributed by atoms with Crippen LogP contribution in [0.5, 0.6) is 5.88 Å². The zero-order valence-electron chi connectivity index (χ0n) is 15.3. The maximum atomic E-state index is 6.13. The van der Waals surface area contributed by atoms with Crippen LogP contribution in [-0.4, -0.2) is 29.3 Å². The molecule has 2 heterocycles. The fraction of sp³-hybridized carbons (Fsp3) is 0.762. The third-order valence-corrected chi connectivity index (χ3v) is 6.24. The summed E-state index contributed by atoms with van der Waals surface area (Å²) >= 11 is 0. The van der Waals surface area contributed by atoms with Gasteiger partial charge in [0.25, 0.3) is 0 Å². The largest absolute Gasteiger partial charge is 0.474 e. The number of aromatic nitrogens is 1. The normalized spacial score (nSPS) is 26.8. The Kier molecular flexibility index (Phi) is 5.57. The minimum Gasteiger partial charge on any atom is -0.474 e. The van der Waals surface area contributed by atoms with Crippen LogP contribution in [0.4, 0.5) is 0 Å². The van der Waals surface area contributed by atoms with Gasteiger partial charge in [0.15, 0.2) is 0 Å². The number of ether oxygens (including phenoxy) is 2. The number of hydrogen-bond donors (Lipinski definition) is 1. The molecule has 1 atom stereocenters. The Balaban J connectivity index is 1.25. The Labute approximate surface area is 151 Å². The summed E-state index contributed by atoms with van der Waals surface area (Å²) in [5, 5.41) is 3.73. The maximum Gasteiger partial charge on any atom is 0.213 e. The lowest BCUT2D eigenvalue weighted by Gasteiger charge is -2.38. The van der Waals surface area contributed by atoms with E-state index in [9.17, 15) is 0 Å². The molecule has 1 saturated heterocycles. The van der Waals surface area contributed by atoms with Crippen LogP contribution in [0.3, 0.4) is 0 Å². The lowest BCUT2D eigenvalue weighted by Crippen LogP contribution is -2.45. The molecule has 1 aromatic heterocycles. The standard InChI is InChI=1S/C21H32N2O2/c1-2-6-19(7-3-1)25-20-9-8-17(16-23-20)15-22-18-10-13-24-21(14-18)11-4-5-12-21/h8-9,16,18-19,22H,1-7,10-15H2. The molecular weight excluding hydrogens is 312 g/mol. The van der Waals surface area contributed by atoms with Crippen molar-refractivity contribution >= 4 is 0 Å². The quantitative estimate of drug-likeness (QED) is 0.861. The van der Waals surface area contributed by atoms with Crippen molar-refractivity contribution in [1.82, 2.24) is 10.3 Å². The van der Waals surface area contributed by atoms with Crippen molar-refractivity contribution in [1.29, 1.82) is 0 Å². The van der Waals surface area contributed by atoms with Gasteiger partial charge < -0.3 is 14.8 Å². The average molecular weight is 344 g/mol. The molecule has 4 heteroatoms. The van der Waals surface area contributed by atoms with Gasteiger partial charge in [-0.05, 0) is 56.9 Å². The van der Waals surface area contributed by atoms with Crippen LogP contribution in [0.2, 0.25) is 0 Å². The summed E-state index contributed by atoms with van der Waals surface area (Å²) in [5.41, 5.74) is 1.43. The van der Waals surface area contributed by atoms with E-state index < -0.39 is 0 Å². The van der Waals surface area contributed by atoms with Crippen LogP contribution in [0.1, 0.15) is 76.2 Å². The van der Waals surface area contributed by atoms with E-state index in [0.29, 0.717) is 12.1 Å². The minimum absolute atomic E-state index is 0.186. The average Bonchev–Trinajstić information content (AvgIpc) is 3.10. The molecule has 2 saturated carbocycles. The van der Waals surface area contributed by atoms with Crippen LogP contribution < -0.4 is 10.1 Å². The van der Waals surface area contributed by atoms with Crippen molar-refractivity contribution in [3.8, 4) is 5.88 Å². The molecule has 3 fully saturated rings. The third kappa shape index (κ3) is 4.53. The van der Waals surface area contributed by atoms with Crippen LogP contribution in [-0.2, 0) is 11.3 Å².